The summed E-state index contributed by atoms with van der Waals surface area (Å²) in [4.78, 5) is 2.28. The maximum absolute atomic E-state index is 10.5. The molecule has 0 aliphatic rings. The average molecular weight is 438 g/mol. The highest BCUT2D eigenvalue weighted by molar-refractivity contribution is 5.44. The lowest BCUT2D eigenvalue weighted by Gasteiger charge is -2.26. The van der Waals surface area contributed by atoms with E-state index in [2.05, 4.69) is 11.8 Å². The van der Waals surface area contributed by atoms with E-state index >= 15 is 0 Å². The quantitative estimate of drug-likeness (QED) is 0.446. The van der Waals surface area contributed by atoms with Crippen LogP contribution in [0.4, 0.5) is 0 Å². The summed E-state index contributed by atoms with van der Waals surface area (Å²) in [5.74, 6) is 2.40. The van der Waals surface area contributed by atoms with Crippen molar-refractivity contribution >= 4 is 0 Å². The van der Waals surface area contributed by atoms with E-state index in [9.17, 15) is 5.11 Å². The normalized spacial score (nSPS) is 12.4. The Morgan fingerprint density at radius 1 is 1.03 bits per heavy atom. The number of aliphatic hydroxyl groups excluding tert-OH is 1. The molecule has 2 aromatic carbocycles. The van der Waals surface area contributed by atoms with Crippen LogP contribution in [0.15, 0.2) is 54.6 Å². The molecule has 0 saturated heterocycles. The lowest BCUT2D eigenvalue weighted by Crippen LogP contribution is -2.35. The molecule has 3 rings (SSSR count). The van der Waals surface area contributed by atoms with E-state index in [0.29, 0.717) is 24.7 Å². The second-order valence-electron chi connectivity index (χ2n) is 8.44. The number of benzene rings is 2. The highest BCUT2D eigenvalue weighted by atomic mass is 16.5. The minimum absolute atomic E-state index is 0.206. The standard InChI is InChI=1S/C26H35N3O3/c1-6-16-28(18-25(30)19(2)3)17-24-20(4)27-29(21-10-8-7-9-11-21)26(24)32-23-14-12-22(31-5)13-15-23/h7-15,19,25,30H,6,16-18H2,1-5H3/t25-/m1/s1. The maximum Gasteiger partial charge on any atom is 0.227 e. The summed E-state index contributed by atoms with van der Waals surface area (Å²) < 4.78 is 13.5. The maximum atomic E-state index is 10.5. The molecule has 0 unspecified atom stereocenters. The third kappa shape index (κ3) is 5.90. The van der Waals surface area contributed by atoms with Gasteiger partial charge < -0.3 is 14.6 Å². The van der Waals surface area contributed by atoms with Crippen LogP contribution in [0.5, 0.6) is 17.4 Å². The number of aryl methyl sites for hydroxylation is 1. The van der Waals surface area contributed by atoms with Gasteiger partial charge in [-0.15, -0.1) is 0 Å². The van der Waals surface area contributed by atoms with Gasteiger partial charge in [0, 0.05) is 13.1 Å². The van der Waals surface area contributed by atoms with Crippen LogP contribution in [0.25, 0.3) is 5.69 Å². The lowest BCUT2D eigenvalue weighted by atomic mass is 10.1. The smallest absolute Gasteiger partial charge is 0.227 e. The van der Waals surface area contributed by atoms with Gasteiger partial charge in [0.2, 0.25) is 5.88 Å². The number of ether oxygens (including phenoxy) is 2. The number of para-hydroxylation sites is 1. The summed E-state index contributed by atoms with van der Waals surface area (Å²) in [6.45, 7) is 10.4. The first-order valence-electron chi connectivity index (χ1n) is 11.3. The van der Waals surface area contributed by atoms with Crippen molar-refractivity contribution in [3.63, 3.8) is 0 Å². The van der Waals surface area contributed by atoms with Crippen molar-refractivity contribution in [3.8, 4) is 23.1 Å². The summed E-state index contributed by atoms with van der Waals surface area (Å²) in [6.07, 6.45) is 0.628. The minimum Gasteiger partial charge on any atom is -0.497 e. The van der Waals surface area contributed by atoms with Gasteiger partial charge in [0.05, 0.1) is 30.2 Å². The van der Waals surface area contributed by atoms with Gasteiger partial charge in [0.1, 0.15) is 11.5 Å². The number of hydrogen-bond acceptors (Lipinski definition) is 5. The number of aromatic nitrogens is 2. The zero-order valence-electron chi connectivity index (χ0n) is 19.8. The summed E-state index contributed by atoms with van der Waals surface area (Å²) in [7, 11) is 1.65. The summed E-state index contributed by atoms with van der Waals surface area (Å²) in [5.41, 5.74) is 2.88. The van der Waals surface area contributed by atoms with Crippen molar-refractivity contribution < 1.29 is 14.6 Å². The number of aliphatic hydroxyl groups is 1. The molecule has 0 amide bonds. The van der Waals surface area contributed by atoms with Crippen LogP contribution in [0.3, 0.4) is 0 Å². The van der Waals surface area contributed by atoms with Crippen LogP contribution in [0.1, 0.15) is 38.4 Å². The topological polar surface area (TPSA) is 59.8 Å². The molecule has 1 atom stereocenters. The van der Waals surface area contributed by atoms with Gasteiger partial charge in [-0.25, -0.2) is 4.68 Å². The third-order valence-corrected chi connectivity index (χ3v) is 5.55. The van der Waals surface area contributed by atoms with E-state index in [0.717, 1.165) is 35.7 Å². The van der Waals surface area contributed by atoms with Gasteiger partial charge in [-0.1, -0.05) is 39.0 Å². The fourth-order valence-corrected chi connectivity index (χ4v) is 3.57. The van der Waals surface area contributed by atoms with Gasteiger partial charge in [-0.2, -0.15) is 5.10 Å². The van der Waals surface area contributed by atoms with Gasteiger partial charge in [0.15, 0.2) is 0 Å². The Balaban J connectivity index is 1.98. The molecule has 0 bridgehead atoms. The van der Waals surface area contributed by atoms with E-state index in [1.54, 1.807) is 7.11 Å². The van der Waals surface area contributed by atoms with Crippen molar-refractivity contribution in [2.75, 3.05) is 20.2 Å². The van der Waals surface area contributed by atoms with Crippen molar-refractivity contribution in [1.82, 2.24) is 14.7 Å². The molecule has 32 heavy (non-hydrogen) atoms. The number of hydrogen-bond donors (Lipinski definition) is 1. The molecule has 0 aliphatic heterocycles. The number of nitrogens with zero attached hydrogens (tertiary/aromatic N) is 3. The molecule has 3 aromatic rings. The summed E-state index contributed by atoms with van der Waals surface area (Å²) in [5, 5.41) is 15.3. The van der Waals surface area contributed by atoms with Crippen molar-refractivity contribution in [2.45, 2.75) is 46.8 Å². The van der Waals surface area contributed by atoms with Crippen molar-refractivity contribution in [2.24, 2.45) is 5.92 Å². The first-order chi connectivity index (χ1) is 15.4. The van der Waals surface area contributed by atoms with Gasteiger partial charge >= 0.3 is 0 Å². The Labute approximate surface area is 191 Å². The predicted molar refractivity (Wildman–Crippen MR) is 128 cm³/mol. The molecule has 0 fully saturated rings. The highest BCUT2D eigenvalue weighted by Crippen LogP contribution is 2.32. The fourth-order valence-electron chi connectivity index (χ4n) is 3.57. The van der Waals surface area contributed by atoms with Crippen molar-refractivity contribution in [3.05, 3.63) is 65.9 Å². The average Bonchev–Trinajstić information content (AvgIpc) is 3.10. The van der Waals surface area contributed by atoms with Gasteiger partial charge in [-0.3, -0.25) is 4.90 Å². The zero-order valence-corrected chi connectivity index (χ0v) is 19.8. The first-order valence-corrected chi connectivity index (χ1v) is 11.3. The minimum atomic E-state index is -0.378. The molecule has 0 spiro atoms. The van der Waals surface area contributed by atoms with Crippen molar-refractivity contribution in [1.29, 1.82) is 0 Å². The van der Waals surface area contributed by atoms with E-state index in [1.807, 2.05) is 80.1 Å². The fraction of sp³-hybridized carbons (Fsp3) is 0.423. The zero-order chi connectivity index (χ0) is 23.1. The third-order valence-electron chi connectivity index (χ3n) is 5.55. The Hall–Kier alpha value is -2.83. The van der Waals surface area contributed by atoms with Crippen LogP contribution in [-0.2, 0) is 6.54 Å². The number of methoxy groups -OCH3 is 1. The molecule has 1 N–H and O–H groups in total. The lowest BCUT2D eigenvalue weighted by molar-refractivity contribution is 0.0728. The van der Waals surface area contributed by atoms with Crippen LogP contribution in [-0.4, -0.2) is 46.1 Å². The molecular formula is C26H35N3O3. The van der Waals surface area contributed by atoms with Crippen LogP contribution in [0.2, 0.25) is 0 Å². The highest BCUT2D eigenvalue weighted by Gasteiger charge is 2.23. The Kier molecular flexibility index (Phi) is 8.31. The van der Waals surface area contributed by atoms with Crippen LogP contribution >= 0.6 is 0 Å². The van der Waals surface area contributed by atoms with E-state index in [1.165, 1.54) is 0 Å². The molecular weight excluding hydrogens is 402 g/mol. The molecule has 172 valence electrons. The Morgan fingerprint density at radius 2 is 1.69 bits per heavy atom. The Morgan fingerprint density at radius 3 is 2.28 bits per heavy atom. The molecule has 0 saturated carbocycles. The molecule has 1 heterocycles. The second kappa shape index (κ2) is 11.2. The molecule has 0 aliphatic carbocycles. The molecule has 1 aromatic heterocycles. The van der Waals surface area contributed by atoms with Gasteiger partial charge in [0.25, 0.3) is 0 Å². The Bertz CT molecular complexity index is 968. The van der Waals surface area contributed by atoms with E-state index < -0.39 is 0 Å². The first kappa shape index (κ1) is 23.8. The molecule has 0 radical (unpaired) electrons. The summed E-state index contributed by atoms with van der Waals surface area (Å²) >= 11 is 0. The van der Waals surface area contributed by atoms with Crippen LogP contribution < -0.4 is 9.47 Å². The van der Waals surface area contributed by atoms with Gasteiger partial charge in [-0.05, 0) is 62.2 Å². The SMILES string of the molecule is CCCN(Cc1c(C)nn(-c2ccccc2)c1Oc1ccc(OC)cc1)C[C@@H](O)C(C)C. The van der Waals surface area contributed by atoms with E-state index in [4.69, 9.17) is 14.6 Å². The summed E-state index contributed by atoms with van der Waals surface area (Å²) in [6, 6.07) is 17.6. The number of rotatable bonds is 11. The van der Waals surface area contributed by atoms with Crippen LogP contribution in [0, 0.1) is 12.8 Å². The largest absolute Gasteiger partial charge is 0.497 e. The predicted octanol–water partition coefficient (Wildman–Crippen LogP) is 5.21. The molecule has 6 heteroatoms. The second-order valence-corrected chi connectivity index (χ2v) is 8.44. The van der Waals surface area contributed by atoms with E-state index in [-0.39, 0.29) is 12.0 Å². The molecule has 6 nitrogen and oxygen atoms in total. The monoisotopic (exact) mass is 437 g/mol.